The number of anilines is 1. The second-order valence-electron chi connectivity index (χ2n) is 6.85. The van der Waals surface area contributed by atoms with Gasteiger partial charge in [-0.1, -0.05) is 41.6 Å². The van der Waals surface area contributed by atoms with Crippen LogP contribution in [0.25, 0.3) is 0 Å². The Labute approximate surface area is 157 Å². The number of aromatic nitrogens is 2. The van der Waals surface area contributed by atoms with E-state index in [9.17, 15) is 4.79 Å². The maximum absolute atomic E-state index is 12.9. The molecular weight excluding hydrogens is 342 g/mol. The van der Waals surface area contributed by atoms with Crippen LogP contribution in [0.3, 0.4) is 0 Å². The molecule has 4 nitrogen and oxygen atoms in total. The van der Waals surface area contributed by atoms with Gasteiger partial charge in [-0.3, -0.25) is 4.79 Å². The highest BCUT2D eigenvalue weighted by Gasteiger charge is 2.51. The van der Waals surface area contributed by atoms with E-state index in [0.29, 0.717) is 0 Å². The number of benzene rings is 2. The largest absolute Gasteiger partial charge is 0.329 e. The SMILES string of the molecule is Cc1cccc(C2(C(=O)Nc3ccc(Sc4nccn4C)cc3)CC2)c1. The molecule has 1 N–H and O–H groups in total. The average Bonchev–Trinajstić information content (AvgIpc) is 3.36. The molecule has 4 rings (SSSR count). The smallest absolute Gasteiger partial charge is 0.235 e. The third-order valence-electron chi connectivity index (χ3n) is 4.85. The van der Waals surface area contributed by atoms with Gasteiger partial charge >= 0.3 is 0 Å². The zero-order valence-electron chi connectivity index (χ0n) is 14.9. The number of hydrogen-bond donors (Lipinski definition) is 1. The van der Waals surface area contributed by atoms with Crippen LogP contribution < -0.4 is 5.32 Å². The molecule has 1 aliphatic rings. The molecule has 5 heteroatoms. The van der Waals surface area contributed by atoms with E-state index in [4.69, 9.17) is 0 Å². The molecule has 0 bridgehead atoms. The first-order valence-electron chi connectivity index (χ1n) is 8.71. The number of carbonyl (C=O) groups excluding carboxylic acids is 1. The van der Waals surface area contributed by atoms with E-state index in [1.54, 1.807) is 18.0 Å². The van der Waals surface area contributed by atoms with Crippen molar-refractivity contribution in [3.05, 3.63) is 72.1 Å². The Morgan fingerprint density at radius 3 is 2.58 bits per heavy atom. The lowest BCUT2D eigenvalue weighted by Crippen LogP contribution is -2.27. The molecule has 1 aromatic heterocycles. The number of imidazole rings is 1. The molecule has 0 radical (unpaired) electrons. The summed E-state index contributed by atoms with van der Waals surface area (Å²) < 4.78 is 1.99. The van der Waals surface area contributed by atoms with Crippen molar-refractivity contribution in [2.24, 2.45) is 7.05 Å². The summed E-state index contributed by atoms with van der Waals surface area (Å²) in [4.78, 5) is 18.3. The van der Waals surface area contributed by atoms with Gasteiger partial charge in [-0.15, -0.1) is 0 Å². The van der Waals surface area contributed by atoms with Crippen LogP contribution in [0.15, 0.2) is 71.0 Å². The monoisotopic (exact) mass is 363 g/mol. The number of amides is 1. The lowest BCUT2D eigenvalue weighted by Gasteiger charge is -2.16. The van der Waals surface area contributed by atoms with Gasteiger partial charge in [-0.2, -0.15) is 0 Å². The number of hydrogen-bond acceptors (Lipinski definition) is 3. The number of carbonyl (C=O) groups is 1. The van der Waals surface area contributed by atoms with E-state index >= 15 is 0 Å². The fraction of sp³-hybridized carbons (Fsp3) is 0.238. The highest BCUT2D eigenvalue weighted by atomic mass is 32.2. The molecule has 0 unspecified atom stereocenters. The van der Waals surface area contributed by atoms with Crippen molar-refractivity contribution in [3.63, 3.8) is 0 Å². The molecule has 1 aliphatic carbocycles. The maximum Gasteiger partial charge on any atom is 0.235 e. The first-order chi connectivity index (χ1) is 12.6. The Morgan fingerprint density at radius 2 is 1.96 bits per heavy atom. The minimum Gasteiger partial charge on any atom is -0.329 e. The molecule has 0 atom stereocenters. The lowest BCUT2D eigenvalue weighted by molar-refractivity contribution is -0.118. The normalized spacial score (nSPS) is 14.8. The molecule has 2 aromatic carbocycles. The summed E-state index contributed by atoms with van der Waals surface area (Å²) in [6.07, 6.45) is 5.54. The minimum atomic E-state index is -0.355. The summed E-state index contributed by atoms with van der Waals surface area (Å²) >= 11 is 1.60. The lowest BCUT2D eigenvalue weighted by atomic mass is 9.93. The molecule has 1 amide bonds. The standard InChI is InChI=1S/C21H21N3OS/c1-15-4-3-5-16(14-15)21(10-11-21)19(25)23-17-6-8-18(9-7-17)26-20-22-12-13-24(20)2/h3-9,12-14H,10-11H2,1-2H3,(H,23,25). The van der Waals surface area contributed by atoms with Crippen LogP contribution in [0.1, 0.15) is 24.0 Å². The highest BCUT2D eigenvalue weighted by molar-refractivity contribution is 7.99. The van der Waals surface area contributed by atoms with Gasteiger partial charge in [0.1, 0.15) is 0 Å². The van der Waals surface area contributed by atoms with E-state index in [1.165, 1.54) is 5.56 Å². The van der Waals surface area contributed by atoms with Gasteiger partial charge in [0.05, 0.1) is 5.41 Å². The third-order valence-corrected chi connectivity index (χ3v) is 5.94. The fourth-order valence-corrected chi connectivity index (χ4v) is 3.93. The van der Waals surface area contributed by atoms with Gasteiger partial charge < -0.3 is 9.88 Å². The molecule has 1 fully saturated rings. The maximum atomic E-state index is 12.9. The molecule has 26 heavy (non-hydrogen) atoms. The number of nitrogens with one attached hydrogen (secondary N) is 1. The summed E-state index contributed by atoms with van der Waals surface area (Å²) in [7, 11) is 1.98. The van der Waals surface area contributed by atoms with Crippen molar-refractivity contribution >= 4 is 23.4 Å². The summed E-state index contributed by atoms with van der Waals surface area (Å²) in [5, 5.41) is 4.03. The van der Waals surface area contributed by atoms with Crippen molar-refractivity contribution < 1.29 is 4.79 Å². The van der Waals surface area contributed by atoms with Crippen LogP contribution >= 0.6 is 11.8 Å². The van der Waals surface area contributed by atoms with Crippen molar-refractivity contribution in [1.29, 1.82) is 0 Å². The molecule has 3 aromatic rings. The molecule has 1 heterocycles. The third kappa shape index (κ3) is 3.27. The zero-order chi connectivity index (χ0) is 18.1. The molecular formula is C21H21N3OS. The van der Waals surface area contributed by atoms with E-state index in [0.717, 1.165) is 34.1 Å². The first kappa shape index (κ1) is 16.9. The Hall–Kier alpha value is -2.53. The van der Waals surface area contributed by atoms with Crippen LogP contribution in [-0.2, 0) is 17.3 Å². The second kappa shape index (κ2) is 6.65. The van der Waals surface area contributed by atoms with Gasteiger partial charge in [0.15, 0.2) is 5.16 Å². The predicted molar refractivity (Wildman–Crippen MR) is 104 cm³/mol. The van der Waals surface area contributed by atoms with Crippen molar-refractivity contribution in [2.75, 3.05) is 5.32 Å². The highest BCUT2D eigenvalue weighted by Crippen LogP contribution is 2.49. The Balaban J connectivity index is 1.46. The van der Waals surface area contributed by atoms with Gasteiger partial charge in [0, 0.05) is 30.0 Å². The second-order valence-corrected chi connectivity index (χ2v) is 7.89. The van der Waals surface area contributed by atoms with E-state index in [1.807, 2.05) is 48.1 Å². The van der Waals surface area contributed by atoms with Crippen LogP contribution in [0.2, 0.25) is 0 Å². The fourth-order valence-electron chi connectivity index (χ4n) is 3.13. The van der Waals surface area contributed by atoms with Gasteiger partial charge in [0.25, 0.3) is 0 Å². The van der Waals surface area contributed by atoms with Gasteiger partial charge in [-0.05, 0) is 49.6 Å². The summed E-state index contributed by atoms with van der Waals surface area (Å²) in [6.45, 7) is 2.06. The minimum absolute atomic E-state index is 0.0904. The molecule has 0 spiro atoms. The summed E-state index contributed by atoms with van der Waals surface area (Å²) in [5.74, 6) is 0.0904. The Kier molecular flexibility index (Phi) is 4.32. The Bertz CT molecular complexity index is 942. The van der Waals surface area contributed by atoms with Crippen molar-refractivity contribution in [3.8, 4) is 0 Å². The quantitative estimate of drug-likeness (QED) is 0.723. The van der Waals surface area contributed by atoms with Crippen LogP contribution in [0.4, 0.5) is 5.69 Å². The van der Waals surface area contributed by atoms with Crippen molar-refractivity contribution in [2.45, 2.75) is 35.2 Å². The first-order valence-corrected chi connectivity index (χ1v) is 9.52. The molecule has 0 aliphatic heterocycles. The number of nitrogens with zero attached hydrogens (tertiary/aromatic N) is 2. The van der Waals surface area contributed by atoms with Crippen LogP contribution in [-0.4, -0.2) is 15.5 Å². The van der Waals surface area contributed by atoms with E-state index in [-0.39, 0.29) is 11.3 Å². The topological polar surface area (TPSA) is 46.9 Å². The van der Waals surface area contributed by atoms with E-state index in [2.05, 4.69) is 35.4 Å². The van der Waals surface area contributed by atoms with Gasteiger partial charge in [0.2, 0.25) is 5.91 Å². The molecule has 132 valence electrons. The summed E-state index contributed by atoms with van der Waals surface area (Å²) in [5.41, 5.74) is 2.79. The average molecular weight is 363 g/mol. The van der Waals surface area contributed by atoms with Crippen molar-refractivity contribution in [1.82, 2.24) is 9.55 Å². The Morgan fingerprint density at radius 1 is 1.19 bits per heavy atom. The summed E-state index contributed by atoms with van der Waals surface area (Å²) in [6, 6.07) is 16.2. The van der Waals surface area contributed by atoms with E-state index < -0.39 is 0 Å². The molecule has 0 saturated heterocycles. The predicted octanol–water partition coefficient (Wildman–Crippen LogP) is 4.55. The van der Waals surface area contributed by atoms with Crippen LogP contribution in [0.5, 0.6) is 0 Å². The number of aryl methyl sites for hydroxylation is 2. The zero-order valence-corrected chi connectivity index (χ0v) is 15.7. The number of rotatable bonds is 5. The van der Waals surface area contributed by atoms with Gasteiger partial charge in [-0.25, -0.2) is 4.98 Å². The molecule has 1 saturated carbocycles. The van der Waals surface area contributed by atoms with Crippen LogP contribution in [0, 0.1) is 6.92 Å².